The van der Waals surface area contributed by atoms with Gasteiger partial charge in [0.2, 0.25) is 0 Å². The molecule has 0 spiro atoms. The van der Waals surface area contributed by atoms with Crippen molar-refractivity contribution in [1.82, 2.24) is 0 Å². The summed E-state index contributed by atoms with van der Waals surface area (Å²) >= 11 is 0. The number of carbonyl (C=O) groups excluding carboxylic acids is 3. The summed E-state index contributed by atoms with van der Waals surface area (Å²) in [5.74, 6) is -1.40. The first-order valence-electron chi connectivity index (χ1n) is 18.2. The van der Waals surface area contributed by atoms with E-state index in [4.69, 9.17) is 18.5 Å². The third-order valence-electron chi connectivity index (χ3n) is 8.41. The third kappa shape index (κ3) is 21.3. The van der Waals surface area contributed by atoms with E-state index >= 15 is 0 Å². The normalized spacial score (nSPS) is 24.7. The molecule has 0 aromatic rings. The number of esters is 2. The number of aliphatic hydroxyl groups excluding tert-OH is 6. The van der Waals surface area contributed by atoms with E-state index in [-0.39, 0.29) is 25.7 Å². The minimum absolute atomic E-state index is 0.0987. The maximum absolute atomic E-state index is 12.7. The highest BCUT2D eigenvalue weighted by Gasteiger charge is 2.51. The van der Waals surface area contributed by atoms with Crippen LogP contribution in [0.5, 0.6) is 0 Å². The van der Waals surface area contributed by atoms with Gasteiger partial charge in [0.05, 0.1) is 12.7 Å². The second-order valence-corrected chi connectivity index (χ2v) is 14.3. The van der Waals surface area contributed by atoms with Crippen molar-refractivity contribution in [1.29, 1.82) is 0 Å². The van der Waals surface area contributed by atoms with Crippen LogP contribution in [0.4, 0.5) is 0 Å². The van der Waals surface area contributed by atoms with E-state index in [1.54, 1.807) is 0 Å². The Hall–Kier alpha value is -2.04. The van der Waals surface area contributed by atoms with Gasteiger partial charge in [-0.15, -0.1) is 0 Å². The first-order chi connectivity index (χ1) is 24.3. The van der Waals surface area contributed by atoms with Crippen LogP contribution >= 0.6 is 7.82 Å². The number of ether oxygens (including phenoxy) is 2. The van der Waals surface area contributed by atoms with E-state index in [1.165, 1.54) is 44.6 Å². The van der Waals surface area contributed by atoms with Crippen LogP contribution in [0.1, 0.15) is 116 Å². The minimum Gasteiger partial charge on any atom is -0.462 e. The van der Waals surface area contributed by atoms with Crippen LogP contribution in [0, 0.1) is 0 Å². The maximum atomic E-state index is 12.7. The van der Waals surface area contributed by atoms with Crippen LogP contribution in [0.3, 0.4) is 0 Å². The molecule has 296 valence electrons. The maximum Gasteiger partial charge on any atom is 0.472 e. The Morgan fingerprint density at radius 2 is 1.25 bits per heavy atom. The number of allylic oxidation sites excluding steroid dienone is 3. The van der Waals surface area contributed by atoms with E-state index in [9.17, 15) is 54.5 Å². The lowest BCUT2D eigenvalue weighted by atomic mass is 9.85. The van der Waals surface area contributed by atoms with Crippen molar-refractivity contribution in [3.05, 3.63) is 24.3 Å². The highest BCUT2D eigenvalue weighted by atomic mass is 31.2. The lowest BCUT2D eigenvalue weighted by molar-refractivity contribution is -0.220. The van der Waals surface area contributed by atoms with Crippen molar-refractivity contribution in [3.8, 4) is 0 Å². The molecule has 9 atom stereocenters. The van der Waals surface area contributed by atoms with Crippen LogP contribution in [-0.4, -0.2) is 116 Å². The fourth-order valence-electron chi connectivity index (χ4n) is 5.37. The molecule has 0 saturated heterocycles. The minimum atomic E-state index is -5.17. The lowest BCUT2D eigenvalue weighted by Gasteiger charge is -2.41. The summed E-state index contributed by atoms with van der Waals surface area (Å²) in [7, 11) is -5.17. The van der Waals surface area contributed by atoms with E-state index in [2.05, 4.69) is 19.1 Å². The highest BCUT2D eigenvalue weighted by molar-refractivity contribution is 7.47. The zero-order chi connectivity index (χ0) is 38.1. The summed E-state index contributed by atoms with van der Waals surface area (Å²) in [5.41, 5.74) is 0. The molecule has 51 heavy (non-hydrogen) atoms. The molecule has 0 aliphatic heterocycles. The summed E-state index contributed by atoms with van der Waals surface area (Å²) in [6.45, 7) is 0.836. The average Bonchev–Trinajstić information content (AvgIpc) is 3.10. The van der Waals surface area contributed by atoms with Crippen LogP contribution in [-0.2, 0) is 37.5 Å². The predicted octanol–water partition coefficient (Wildman–Crippen LogP) is 3.09. The van der Waals surface area contributed by atoms with Crippen molar-refractivity contribution in [3.63, 3.8) is 0 Å². The second-order valence-electron chi connectivity index (χ2n) is 12.9. The topological polar surface area (TPSA) is 247 Å². The molecular weight excluding hydrogens is 691 g/mol. The van der Waals surface area contributed by atoms with Crippen molar-refractivity contribution >= 4 is 26.0 Å². The number of unbranched alkanes of at least 4 members (excludes halogenated alkanes) is 11. The molecule has 7 N–H and O–H groups in total. The van der Waals surface area contributed by atoms with Crippen LogP contribution in [0.25, 0.3) is 0 Å². The fraction of sp³-hybridized carbons (Fsp3) is 0.800. The number of phosphoric ester groups is 1. The summed E-state index contributed by atoms with van der Waals surface area (Å²) in [6, 6.07) is 0. The van der Waals surface area contributed by atoms with Crippen LogP contribution in [0.15, 0.2) is 24.3 Å². The molecule has 1 aliphatic rings. The van der Waals surface area contributed by atoms with Gasteiger partial charge in [-0.25, -0.2) is 4.57 Å². The molecule has 1 saturated carbocycles. The van der Waals surface area contributed by atoms with E-state index in [0.29, 0.717) is 12.7 Å². The Morgan fingerprint density at radius 1 is 0.725 bits per heavy atom. The van der Waals surface area contributed by atoms with Crippen molar-refractivity contribution in [2.75, 3.05) is 13.2 Å². The largest absolute Gasteiger partial charge is 0.472 e. The molecule has 0 radical (unpaired) electrons. The molecular formula is C35H61O15P. The quantitative estimate of drug-likeness (QED) is 0.0145. The van der Waals surface area contributed by atoms with Gasteiger partial charge in [0, 0.05) is 12.8 Å². The zero-order valence-electron chi connectivity index (χ0n) is 29.8. The first kappa shape index (κ1) is 47.0. The Bertz CT molecular complexity index is 1050. The molecule has 1 rings (SSSR count). The monoisotopic (exact) mass is 752 g/mol. The lowest BCUT2D eigenvalue weighted by Crippen LogP contribution is -2.64. The Labute approximate surface area is 301 Å². The second kappa shape index (κ2) is 27.5. The Kier molecular flexibility index (Phi) is 25.4. The molecule has 0 amide bonds. The van der Waals surface area contributed by atoms with E-state index in [1.807, 2.05) is 0 Å². The highest BCUT2D eigenvalue weighted by Crippen LogP contribution is 2.47. The van der Waals surface area contributed by atoms with Gasteiger partial charge >= 0.3 is 19.8 Å². The number of aliphatic hydroxyl groups is 6. The standard InChI is InChI=1S/C35H61O15P/c1-2-3-4-5-6-7-8-9-10-11-12-13-14-15-16-21-28(38)47-24-27(49-29(39)22-17-19-26(37)20-18-23-36)25-48-51(45,46)50-35-33(43)31(41)30(40)32(42)34(35)44/h9-10,18,20,23,26-27,30-35,37,40-44H,2-8,11-17,19,21-22,24-25H2,1H3,(H,45,46)/b10-9-,20-18+/t26?,27-,30?,31-,32?,33?,34?,35?/m1/s1. The van der Waals surface area contributed by atoms with E-state index < -0.39 is 81.8 Å². The number of phosphoric acid groups is 1. The summed E-state index contributed by atoms with van der Waals surface area (Å²) in [5, 5.41) is 59.4. The number of hydrogen-bond acceptors (Lipinski definition) is 14. The predicted molar refractivity (Wildman–Crippen MR) is 186 cm³/mol. The van der Waals surface area contributed by atoms with Gasteiger partial charge in [-0.05, 0) is 51.0 Å². The first-order valence-corrected chi connectivity index (χ1v) is 19.7. The fourth-order valence-corrected chi connectivity index (χ4v) is 6.34. The molecule has 0 heterocycles. The molecule has 0 aromatic heterocycles. The van der Waals surface area contributed by atoms with Crippen LogP contribution < -0.4 is 0 Å². The van der Waals surface area contributed by atoms with Gasteiger partial charge in [-0.1, -0.05) is 76.5 Å². The van der Waals surface area contributed by atoms with Crippen molar-refractivity contribution < 1.29 is 73.0 Å². The number of carbonyl (C=O) groups is 3. The van der Waals surface area contributed by atoms with Gasteiger partial charge in [0.1, 0.15) is 49.5 Å². The molecule has 0 bridgehead atoms. The molecule has 1 aliphatic carbocycles. The Morgan fingerprint density at radius 3 is 1.84 bits per heavy atom. The summed E-state index contributed by atoms with van der Waals surface area (Å²) in [4.78, 5) is 45.5. The van der Waals surface area contributed by atoms with Crippen LogP contribution in [0.2, 0.25) is 0 Å². The molecule has 1 fully saturated rings. The summed E-state index contributed by atoms with van der Waals surface area (Å²) < 4.78 is 32.8. The van der Waals surface area contributed by atoms with Gasteiger partial charge in [0.15, 0.2) is 6.10 Å². The smallest absolute Gasteiger partial charge is 0.462 e. The number of rotatable bonds is 29. The van der Waals surface area contributed by atoms with Crippen molar-refractivity contribution in [2.24, 2.45) is 0 Å². The van der Waals surface area contributed by atoms with Gasteiger partial charge in [0.25, 0.3) is 0 Å². The zero-order valence-corrected chi connectivity index (χ0v) is 30.7. The molecule has 7 unspecified atom stereocenters. The number of hydrogen-bond donors (Lipinski definition) is 7. The molecule has 16 heteroatoms. The van der Waals surface area contributed by atoms with Gasteiger partial charge in [-0.3, -0.25) is 23.4 Å². The van der Waals surface area contributed by atoms with Crippen molar-refractivity contribution in [2.45, 2.75) is 165 Å². The third-order valence-corrected chi connectivity index (χ3v) is 9.40. The Balaban J connectivity index is 2.53. The molecule has 0 aromatic carbocycles. The number of aldehydes is 1. The van der Waals surface area contributed by atoms with E-state index in [0.717, 1.165) is 44.6 Å². The SMILES string of the molecule is CCCCCCCC/C=C\CCCCCCCC(=O)OC[C@H](COP(=O)(O)OC1C(O)C(O)C(O)[C@@H](O)C1O)OC(=O)CCCC(O)/C=C/C=O. The van der Waals surface area contributed by atoms with Gasteiger partial charge < -0.3 is 45.0 Å². The molecule has 15 nitrogen and oxygen atoms in total. The summed E-state index contributed by atoms with van der Waals surface area (Å²) in [6.07, 6.45) is 7.29. The van der Waals surface area contributed by atoms with Gasteiger partial charge in [-0.2, -0.15) is 0 Å². The average molecular weight is 753 g/mol.